The van der Waals surface area contributed by atoms with Crippen molar-refractivity contribution in [2.24, 2.45) is 5.41 Å². The topological polar surface area (TPSA) is 12.0 Å². The predicted octanol–water partition coefficient (Wildman–Crippen LogP) is 4.37. The van der Waals surface area contributed by atoms with E-state index in [1.165, 1.54) is 0 Å². The molecule has 0 aromatic heterocycles. The lowest BCUT2D eigenvalue weighted by molar-refractivity contribution is 0.343. The van der Waals surface area contributed by atoms with Crippen molar-refractivity contribution in [3.05, 3.63) is 29.1 Å². The molecule has 0 spiro atoms. The molecule has 2 rings (SSSR count). The Bertz CT molecular complexity index is 483. The molecule has 19 heavy (non-hydrogen) atoms. The van der Waals surface area contributed by atoms with Crippen molar-refractivity contribution in [2.45, 2.75) is 39.2 Å². The van der Waals surface area contributed by atoms with E-state index in [0.717, 1.165) is 12.8 Å². The second kappa shape index (κ2) is 4.65. The summed E-state index contributed by atoms with van der Waals surface area (Å²) in [7, 11) is 0. The highest BCUT2D eigenvalue weighted by Gasteiger charge is 2.36. The van der Waals surface area contributed by atoms with Gasteiger partial charge in [0.25, 0.3) is 0 Å². The van der Waals surface area contributed by atoms with Gasteiger partial charge in [-0.25, -0.2) is 22.0 Å². The molecule has 1 aliphatic rings. The SMILES string of the molecule is CC1(C)CCCC1Nc1c(F)c(F)c(F)c(F)c1F. The molecular formula is C13H14F5N. The van der Waals surface area contributed by atoms with E-state index in [1.54, 1.807) is 0 Å². The summed E-state index contributed by atoms with van der Waals surface area (Å²) in [6.07, 6.45) is 2.31. The maximum atomic E-state index is 13.5. The lowest BCUT2D eigenvalue weighted by Crippen LogP contribution is -2.32. The van der Waals surface area contributed by atoms with Crippen molar-refractivity contribution in [3.8, 4) is 0 Å². The van der Waals surface area contributed by atoms with Gasteiger partial charge >= 0.3 is 0 Å². The summed E-state index contributed by atoms with van der Waals surface area (Å²) in [4.78, 5) is 0. The Morgan fingerprint density at radius 3 is 1.79 bits per heavy atom. The second-order valence-electron chi connectivity index (χ2n) is 5.52. The van der Waals surface area contributed by atoms with Gasteiger partial charge in [0.15, 0.2) is 23.3 Å². The van der Waals surface area contributed by atoms with E-state index < -0.39 is 34.8 Å². The Balaban J connectivity index is 2.41. The van der Waals surface area contributed by atoms with E-state index in [9.17, 15) is 22.0 Å². The number of rotatable bonds is 2. The summed E-state index contributed by atoms with van der Waals surface area (Å²) in [6.45, 7) is 3.79. The minimum Gasteiger partial charge on any atom is -0.377 e. The van der Waals surface area contributed by atoms with Gasteiger partial charge in [-0.1, -0.05) is 20.3 Å². The molecule has 0 amide bonds. The van der Waals surface area contributed by atoms with Gasteiger partial charge in [-0.3, -0.25) is 0 Å². The molecule has 0 saturated heterocycles. The van der Waals surface area contributed by atoms with E-state index in [-0.39, 0.29) is 11.5 Å². The van der Waals surface area contributed by atoms with Crippen LogP contribution in [0.3, 0.4) is 0 Å². The lowest BCUT2D eigenvalue weighted by atomic mass is 9.87. The molecule has 1 unspecified atom stereocenters. The van der Waals surface area contributed by atoms with Crippen LogP contribution < -0.4 is 5.32 Å². The number of hydrogen-bond acceptors (Lipinski definition) is 1. The van der Waals surface area contributed by atoms with Crippen molar-refractivity contribution in [1.82, 2.24) is 0 Å². The van der Waals surface area contributed by atoms with Gasteiger partial charge in [0.1, 0.15) is 5.69 Å². The van der Waals surface area contributed by atoms with Crippen molar-refractivity contribution < 1.29 is 22.0 Å². The average molecular weight is 279 g/mol. The van der Waals surface area contributed by atoms with Gasteiger partial charge in [-0.15, -0.1) is 0 Å². The van der Waals surface area contributed by atoms with Crippen LogP contribution in [-0.2, 0) is 0 Å². The monoisotopic (exact) mass is 279 g/mol. The number of halogens is 5. The third-order valence-electron chi connectivity index (χ3n) is 3.79. The van der Waals surface area contributed by atoms with Crippen molar-refractivity contribution >= 4 is 5.69 Å². The Morgan fingerprint density at radius 2 is 1.37 bits per heavy atom. The van der Waals surface area contributed by atoms with E-state index in [1.807, 2.05) is 13.8 Å². The Kier molecular flexibility index (Phi) is 3.45. The maximum absolute atomic E-state index is 13.5. The predicted molar refractivity (Wildman–Crippen MR) is 61.3 cm³/mol. The van der Waals surface area contributed by atoms with Crippen LogP contribution in [0.4, 0.5) is 27.6 Å². The van der Waals surface area contributed by atoms with Crippen LogP contribution in [0.1, 0.15) is 33.1 Å². The quantitative estimate of drug-likeness (QED) is 0.481. The first-order chi connectivity index (χ1) is 8.75. The summed E-state index contributed by atoms with van der Waals surface area (Å²) in [5.74, 6) is -9.58. The smallest absolute Gasteiger partial charge is 0.200 e. The van der Waals surface area contributed by atoms with Crippen LogP contribution in [0.5, 0.6) is 0 Å². The summed E-state index contributed by atoms with van der Waals surface area (Å²) in [6, 6.07) is -0.319. The van der Waals surface area contributed by atoms with Crippen LogP contribution in [0, 0.1) is 34.5 Å². The zero-order valence-corrected chi connectivity index (χ0v) is 10.6. The van der Waals surface area contributed by atoms with Crippen LogP contribution in [0.2, 0.25) is 0 Å². The minimum absolute atomic E-state index is 0.250. The highest BCUT2D eigenvalue weighted by atomic mass is 19.2. The fraction of sp³-hybridized carbons (Fsp3) is 0.538. The molecule has 1 nitrogen and oxygen atoms in total. The minimum atomic E-state index is -2.13. The fourth-order valence-electron chi connectivity index (χ4n) is 2.50. The summed E-state index contributed by atoms with van der Waals surface area (Å²) < 4.78 is 66.1. The Labute approximate surface area is 107 Å². The molecule has 106 valence electrons. The Hall–Kier alpha value is -1.33. The van der Waals surface area contributed by atoms with E-state index in [4.69, 9.17) is 0 Å². The van der Waals surface area contributed by atoms with Gasteiger partial charge in [0, 0.05) is 6.04 Å². The maximum Gasteiger partial charge on any atom is 0.200 e. The number of nitrogens with one attached hydrogen (secondary N) is 1. The van der Waals surface area contributed by atoms with Gasteiger partial charge in [-0.2, -0.15) is 0 Å². The molecule has 1 aromatic rings. The molecule has 0 aliphatic heterocycles. The van der Waals surface area contributed by atoms with Gasteiger partial charge in [0.2, 0.25) is 5.82 Å². The van der Waals surface area contributed by atoms with Gasteiger partial charge in [0.05, 0.1) is 0 Å². The van der Waals surface area contributed by atoms with Crippen molar-refractivity contribution in [1.29, 1.82) is 0 Å². The fourth-order valence-corrected chi connectivity index (χ4v) is 2.50. The first kappa shape index (κ1) is 14.1. The molecular weight excluding hydrogens is 265 g/mol. The molecule has 1 N–H and O–H groups in total. The summed E-state index contributed by atoms with van der Waals surface area (Å²) >= 11 is 0. The molecule has 1 fully saturated rings. The number of benzene rings is 1. The summed E-state index contributed by atoms with van der Waals surface area (Å²) in [5.41, 5.74) is -1.18. The molecule has 0 heterocycles. The number of anilines is 1. The van der Waals surface area contributed by atoms with E-state index in [0.29, 0.717) is 6.42 Å². The normalized spacial score (nSPS) is 21.7. The standard InChI is InChI=1S/C13H14F5N/c1-13(2)5-3-4-6(13)19-12-10(17)8(15)7(14)9(16)11(12)18/h6,19H,3-5H2,1-2H3. The molecule has 6 heteroatoms. The highest BCUT2D eigenvalue weighted by Crippen LogP contribution is 2.40. The van der Waals surface area contributed by atoms with Crippen LogP contribution in [-0.4, -0.2) is 6.04 Å². The highest BCUT2D eigenvalue weighted by molar-refractivity contribution is 5.49. The molecule has 1 atom stereocenters. The zero-order chi connectivity index (χ0) is 14.4. The summed E-state index contributed by atoms with van der Waals surface area (Å²) in [5, 5.41) is 2.48. The van der Waals surface area contributed by atoms with Crippen LogP contribution >= 0.6 is 0 Å². The second-order valence-corrected chi connectivity index (χ2v) is 5.52. The zero-order valence-electron chi connectivity index (χ0n) is 10.6. The number of hydrogen-bond donors (Lipinski definition) is 1. The molecule has 0 radical (unpaired) electrons. The molecule has 1 aliphatic carbocycles. The average Bonchev–Trinajstić information content (AvgIpc) is 2.69. The Morgan fingerprint density at radius 1 is 0.895 bits per heavy atom. The van der Waals surface area contributed by atoms with Gasteiger partial charge < -0.3 is 5.32 Å². The van der Waals surface area contributed by atoms with Crippen LogP contribution in [0.25, 0.3) is 0 Å². The third kappa shape index (κ3) is 2.28. The molecule has 0 bridgehead atoms. The van der Waals surface area contributed by atoms with E-state index >= 15 is 0 Å². The molecule has 1 aromatic carbocycles. The van der Waals surface area contributed by atoms with E-state index in [2.05, 4.69) is 5.32 Å². The first-order valence-electron chi connectivity index (χ1n) is 6.03. The lowest BCUT2D eigenvalue weighted by Gasteiger charge is -2.29. The first-order valence-corrected chi connectivity index (χ1v) is 6.03. The van der Waals surface area contributed by atoms with Crippen molar-refractivity contribution in [3.63, 3.8) is 0 Å². The molecule has 1 saturated carbocycles. The van der Waals surface area contributed by atoms with Gasteiger partial charge in [-0.05, 0) is 18.3 Å². The third-order valence-corrected chi connectivity index (χ3v) is 3.79. The van der Waals surface area contributed by atoms with Crippen molar-refractivity contribution in [2.75, 3.05) is 5.32 Å². The largest absolute Gasteiger partial charge is 0.377 e. The van der Waals surface area contributed by atoms with Crippen LogP contribution in [0.15, 0.2) is 0 Å².